The number of rotatable bonds is 8. The molecule has 0 radical (unpaired) electrons. The lowest BCUT2D eigenvalue weighted by molar-refractivity contribution is 0.491. The van der Waals surface area contributed by atoms with Crippen LogP contribution in [0, 0.1) is 6.92 Å². The predicted molar refractivity (Wildman–Crippen MR) is 226 cm³/mol. The molecule has 0 atom stereocenters. The SMILES string of the molecule is CCC1(CC)c2ccccc2-c2c1cc1ccccc1c2N(c1ccc(-c2ccccc2-c2ccccc2)cc1)c1ccc(-c2ccccc2)cc1C. The van der Waals surface area contributed by atoms with Gasteiger partial charge in [0.1, 0.15) is 0 Å². The third kappa shape index (κ3) is 5.39. The molecule has 1 nitrogen and oxygen atoms in total. The Kier molecular flexibility index (Phi) is 8.28. The summed E-state index contributed by atoms with van der Waals surface area (Å²) in [5.41, 5.74) is 17.7. The Labute approximate surface area is 313 Å². The van der Waals surface area contributed by atoms with E-state index in [4.69, 9.17) is 0 Å². The smallest absolute Gasteiger partial charge is 0.0621 e. The molecule has 1 aliphatic rings. The highest BCUT2D eigenvalue weighted by Gasteiger charge is 2.43. The molecule has 0 spiro atoms. The molecule has 0 fully saturated rings. The van der Waals surface area contributed by atoms with E-state index in [1.165, 1.54) is 83.3 Å². The van der Waals surface area contributed by atoms with Crippen molar-refractivity contribution >= 4 is 27.8 Å². The Morgan fingerprint density at radius 1 is 0.453 bits per heavy atom. The second-order valence-electron chi connectivity index (χ2n) is 14.4. The lowest BCUT2D eigenvalue weighted by atomic mass is 9.73. The second kappa shape index (κ2) is 13.4. The van der Waals surface area contributed by atoms with Crippen LogP contribution in [0.25, 0.3) is 55.3 Å². The summed E-state index contributed by atoms with van der Waals surface area (Å²) < 4.78 is 0. The lowest BCUT2D eigenvalue weighted by Crippen LogP contribution is -2.23. The molecular weight excluding hydrogens is 639 g/mol. The van der Waals surface area contributed by atoms with Crippen LogP contribution in [-0.2, 0) is 5.41 Å². The van der Waals surface area contributed by atoms with Gasteiger partial charge >= 0.3 is 0 Å². The van der Waals surface area contributed by atoms with E-state index >= 15 is 0 Å². The van der Waals surface area contributed by atoms with E-state index in [0.29, 0.717) is 0 Å². The van der Waals surface area contributed by atoms with Crippen molar-refractivity contribution in [2.75, 3.05) is 4.90 Å². The van der Waals surface area contributed by atoms with Crippen molar-refractivity contribution < 1.29 is 0 Å². The summed E-state index contributed by atoms with van der Waals surface area (Å²) in [5, 5.41) is 2.53. The normalized spacial score (nSPS) is 12.7. The molecular formula is C52H43N. The van der Waals surface area contributed by atoms with Gasteiger partial charge in [-0.3, -0.25) is 0 Å². The van der Waals surface area contributed by atoms with E-state index in [0.717, 1.165) is 18.5 Å². The quantitative estimate of drug-likeness (QED) is 0.154. The summed E-state index contributed by atoms with van der Waals surface area (Å²) in [4.78, 5) is 2.55. The van der Waals surface area contributed by atoms with Crippen LogP contribution in [-0.4, -0.2) is 0 Å². The Bertz CT molecular complexity index is 2580. The molecule has 9 rings (SSSR count). The van der Waals surface area contributed by atoms with E-state index in [9.17, 15) is 0 Å². The van der Waals surface area contributed by atoms with Gasteiger partial charge in [-0.1, -0.05) is 166 Å². The van der Waals surface area contributed by atoms with Crippen molar-refractivity contribution in [1.29, 1.82) is 0 Å². The summed E-state index contributed by atoms with van der Waals surface area (Å²) in [5.74, 6) is 0. The Balaban J connectivity index is 1.31. The van der Waals surface area contributed by atoms with E-state index in [1.807, 2.05) is 0 Å². The first-order valence-corrected chi connectivity index (χ1v) is 19.0. The summed E-state index contributed by atoms with van der Waals surface area (Å²) >= 11 is 0. The Morgan fingerprint density at radius 2 is 1.00 bits per heavy atom. The summed E-state index contributed by atoms with van der Waals surface area (Å²) in [6, 6.07) is 67.0. The first kappa shape index (κ1) is 32.7. The van der Waals surface area contributed by atoms with Gasteiger partial charge in [0.15, 0.2) is 0 Å². The topological polar surface area (TPSA) is 3.24 Å². The molecule has 0 amide bonds. The Hall–Kier alpha value is -6.18. The highest BCUT2D eigenvalue weighted by Crippen LogP contribution is 2.59. The molecule has 53 heavy (non-hydrogen) atoms. The zero-order valence-electron chi connectivity index (χ0n) is 30.7. The average Bonchev–Trinajstić information content (AvgIpc) is 3.51. The molecule has 8 aromatic rings. The van der Waals surface area contributed by atoms with Gasteiger partial charge in [-0.05, 0) is 111 Å². The van der Waals surface area contributed by atoms with Gasteiger partial charge in [0, 0.05) is 27.7 Å². The van der Waals surface area contributed by atoms with Crippen LogP contribution < -0.4 is 4.90 Å². The number of nitrogens with zero attached hydrogens (tertiary/aromatic N) is 1. The van der Waals surface area contributed by atoms with Crippen LogP contribution >= 0.6 is 0 Å². The van der Waals surface area contributed by atoms with E-state index < -0.39 is 0 Å². The van der Waals surface area contributed by atoms with Crippen molar-refractivity contribution in [3.63, 3.8) is 0 Å². The van der Waals surface area contributed by atoms with Gasteiger partial charge in [0.25, 0.3) is 0 Å². The molecule has 0 bridgehead atoms. The third-order valence-electron chi connectivity index (χ3n) is 11.7. The third-order valence-corrected chi connectivity index (χ3v) is 11.7. The van der Waals surface area contributed by atoms with Crippen LogP contribution in [0.5, 0.6) is 0 Å². The van der Waals surface area contributed by atoms with E-state index in [2.05, 4.69) is 208 Å². The van der Waals surface area contributed by atoms with Gasteiger partial charge in [-0.15, -0.1) is 0 Å². The van der Waals surface area contributed by atoms with Gasteiger partial charge in [0.05, 0.1) is 5.69 Å². The molecule has 0 heterocycles. The van der Waals surface area contributed by atoms with Crippen molar-refractivity contribution in [3.8, 4) is 44.5 Å². The fourth-order valence-corrected chi connectivity index (χ4v) is 8.99. The molecule has 0 aromatic heterocycles. The van der Waals surface area contributed by atoms with Crippen LogP contribution in [0.4, 0.5) is 17.1 Å². The summed E-state index contributed by atoms with van der Waals surface area (Å²) in [6.07, 6.45) is 2.09. The highest BCUT2D eigenvalue weighted by atomic mass is 15.1. The number of fused-ring (bicyclic) bond motifs is 4. The van der Waals surface area contributed by atoms with Crippen LogP contribution in [0.2, 0.25) is 0 Å². The van der Waals surface area contributed by atoms with Gasteiger partial charge < -0.3 is 4.90 Å². The number of hydrogen-bond acceptors (Lipinski definition) is 1. The molecule has 0 saturated carbocycles. The molecule has 8 aromatic carbocycles. The standard InChI is InChI=1S/C52H43N/c1-4-52(5-2)47-27-17-16-26-46(47)50-48(52)35-41-22-12-13-25-45(41)51(50)53(49-33-30-40(34-36(49)3)37-18-8-6-9-19-37)42-31-28-39(29-32-42)44-24-15-14-23-43(44)38-20-10-7-11-21-38/h6-35H,4-5H2,1-3H3. The van der Waals surface area contributed by atoms with Crippen molar-refractivity contribution in [1.82, 2.24) is 0 Å². The summed E-state index contributed by atoms with van der Waals surface area (Å²) in [6.45, 7) is 6.99. The van der Waals surface area contributed by atoms with Crippen LogP contribution in [0.15, 0.2) is 182 Å². The minimum Gasteiger partial charge on any atom is -0.309 e. The van der Waals surface area contributed by atoms with Gasteiger partial charge in [-0.2, -0.15) is 0 Å². The summed E-state index contributed by atoms with van der Waals surface area (Å²) in [7, 11) is 0. The minimum atomic E-state index is -0.0480. The fraction of sp³-hybridized carbons (Fsp3) is 0.115. The number of anilines is 3. The van der Waals surface area contributed by atoms with E-state index in [-0.39, 0.29) is 5.41 Å². The predicted octanol–water partition coefficient (Wildman–Crippen LogP) is 14.7. The largest absolute Gasteiger partial charge is 0.309 e. The first-order valence-electron chi connectivity index (χ1n) is 19.0. The molecule has 1 aliphatic carbocycles. The monoisotopic (exact) mass is 681 g/mol. The maximum absolute atomic E-state index is 2.55. The van der Waals surface area contributed by atoms with Crippen molar-refractivity contribution in [3.05, 3.63) is 199 Å². The zero-order valence-corrected chi connectivity index (χ0v) is 30.7. The maximum atomic E-state index is 2.55. The van der Waals surface area contributed by atoms with Gasteiger partial charge in [-0.25, -0.2) is 0 Å². The number of aryl methyl sites for hydroxylation is 1. The number of hydrogen-bond donors (Lipinski definition) is 0. The van der Waals surface area contributed by atoms with Crippen LogP contribution in [0.1, 0.15) is 43.4 Å². The molecule has 0 saturated heterocycles. The van der Waals surface area contributed by atoms with E-state index in [1.54, 1.807) is 0 Å². The minimum absolute atomic E-state index is 0.0480. The van der Waals surface area contributed by atoms with Crippen molar-refractivity contribution in [2.24, 2.45) is 0 Å². The highest BCUT2D eigenvalue weighted by molar-refractivity contribution is 6.10. The molecule has 1 heteroatoms. The first-order chi connectivity index (χ1) is 26.1. The second-order valence-corrected chi connectivity index (χ2v) is 14.4. The maximum Gasteiger partial charge on any atom is 0.0621 e. The lowest BCUT2D eigenvalue weighted by Gasteiger charge is -2.33. The molecule has 256 valence electrons. The average molecular weight is 682 g/mol. The van der Waals surface area contributed by atoms with Gasteiger partial charge in [0.2, 0.25) is 0 Å². The molecule has 0 aliphatic heterocycles. The fourth-order valence-electron chi connectivity index (χ4n) is 8.99. The van der Waals surface area contributed by atoms with Crippen LogP contribution in [0.3, 0.4) is 0 Å². The Morgan fingerprint density at radius 3 is 1.66 bits per heavy atom. The number of benzene rings is 8. The molecule has 0 unspecified atom stereocenters. The molecule has 0 N–H and O–H groups in total. The zero-order chi connectivity index (χ0) is 35.9. The van der Waals surface area contributed by atoms with Crippen molar-refractivity contribution in [2.45, 2.75) is 39.0 Å².